The van der Waals surface area contributed by atoms with Crippen molar-refractivity contribution >= 4 is 12.1 Å². The molecule has 1 rings (SSSR count). The van der Waals surface area contributed by atoms with Crippen LogP contribution in [0.2, 0.25) is 0 Å². The van der Waals surface area contributed by atoms with Crippen LogP contribution in [0.1, 0.15) is 46.8 Å². The molecule has 2 unspecified atom stereocenters. The maximum atomic E-state index is 11.7. The van der Waals surface area contributed by atoms with Gasteiger partial charge in [-0.15, -0.1) is 0 Å². The van der Waals surface area contributed by atoms with Crippen LogP contribution in [0.3, 0.4) is 0 Å². The Balaban J connectivity index is 2.70. The first kappa shape index (κ1) is 22.8. The number of alkyl carbamates (subject to hydrolysis) is 1. The Morgan fingerprint density at radius 1 is 1.37 bits per heavy atom. The highest BCUT2D eigenvalue weighted by Crippen LogP contribution is 2.21. The molecule has 0 saturated heterocycles. The summed E-state index contributed by atoms with van der Waals surface area (Å²) in [4.78, 5) is 16.2. The average molecular weight is 383 g/mol. The fourth-order valence-electron chi connectivity index (χ4n) is 2.56. The largest absolute Gasteiger partial charge is 0.466 e. The summed E-state index contributed by atoms with van der Waals surface area (Å²) < 4.78 is 10.3. The molecule has 1 aromatic heterocycles. The number of hydrogen-bond acceptors (Lipinski definition) is 5. The number of furan rings is 1. The zero-order valence-corrected chi connectivity index (χ0v) is 17.0. The third kappa shape index (κ3) is 8.81. The number of rotatable bonds is 10. The molecule has 0 aromatic carbocycles. The van der Waals surface area contributed by atoms with Gasteiger partial charge in [-0.25, -0.2) is 9.79 Å². The van der Waals surface area contributed by atoms with Gasteiger partial charge in [0.25, 0.3) is 0 Å². The number of guanidine groups is 1. The highest BCUT2D eigenvalue weighted by atomic mass is 16.5. The lowest BCUT2D eigenvalue weighted by atomic mass is 10.0. The van der Waals surface area contributed by atoms with Crippen molar-refractivity contribution in [2.24, 2.45) is 10.9 Å². The quantitative estimate of drug-likeness (QED) is 0.365. The van der Waals surface area contributed by atoms with E-state index in [2.05, 4.69) is 34.8 Å². The smallest absolute Gasteiger partial charge is 0.407 e. The zero-order chi connectivity index (χ0) is 20.3. The van der Waals surface area contributed by atoms with Gasteiger partial charge in [-0.05, 0) is 45.2 Å². The van der Waals surface area contributed by atoms with Crippen LogP contribution >= 0.6 is 0 Å². The number of nitrogens with one attached hydrogen (secondary N) is 3. The van der Waals surface area contributed by atoms with Crippen molar-refractivity contribution in [2.45, 2.75) is 52.7 Å². The van der Waals surface area contributed by atoms with Gasteiger partial charge in [-0.1, -0.05) is 13.8 Å². The Morgan fingerprint density at radius 3 is 2.67 bits per heavy atom. The molecular weight excluding hydrogens is 348 g/mol. The van der Waals surface area contributed by atoms with Crippen molar-refractivity contribution in [1.29, 1.82) is 0 Å². The number of carbonyl (C=O) groups excluding carboxylic acids is 1. The van der Waals surface area contributed by atoms with Crippen LogP contribution in [-0.4, -0.2) is 49.4 Å². The van der Waals surface area contributed by atoms with E-state index in [-0.39, 0.29) is 12.6 Å². The van der Waals surface area contributed by atoms with E-state index in [4.69, 9.17) is 9.15 Å². The van der Waals surface area contributed by atoms with E-state index in [0.717, 1.165) is 6.42 Å². The maximum Gasteiger partial charge on any atom is 0.407 e. The summed E-state index contributed by atoms with van der Waals surface area (Å²) in [7, 11) is 0. The van der Waals surface area contributed by atoms with Crippen molar-refractivity contribution < 1.29 is 19.1 Å². The molecule has 0 aliphatic rings. The molecule has 27 heavy (non-hydrogen) atoms. The molecule has 2 atom stereocenters. The Kier molecular flexibility index (Phi) is 9.71. The van der Waals surface area contributed by atoms with Crippen molar-refractivity contribution in [2.75, 3.05) is 26.2 Å². The lowest BCUT2D eigenvalue weighted by molar-refractivity contribution is 0.0437. The van der Waals surface area contributed by atoms with Crippen LogP contribution in [0, 0.1) is 5.92 Å². The third-order valence-corrected chi connectivity index (χ3v) is 3.81. The first-order chi connectivity index (χ1) is 12.8. The van der Waals surface area contributed by atoms with E-state index in [0.29, 0.717) is 37.3 Å². The van der Waals surface area contributed by atoms with Gasteiger partial charge in [-0.2, -0.15) is 0 Å². The van der Waals surface area contributed by atoms with Gasteiger partial charge in [0.15, 0.2) is 5.96 Å². The highest BCUT2D eigenvalue weighted by Gasteiger charge is 2.26. The van der Waals surface area contributed by atoms with E-state index in [9.17, 15) is 9.90 Å². The second kappa shape index (κ2) is 11.5. The summed E-state index contributed by atoms with van der Waals surface area (Å²) in [6, 6.07) is 3.35. The Hall–Kier alpha value is -2.22. The number of amides is 1. The lowest BCUT2D eigenvalue weighted by Gasteiger charge is -2.23. The average Bonchev–Trinajstić information content (AvgIpc) is 3.12. The van der Waals surface area contributed by atoms with Crippen molar-refractivity contribution in [3.8, 4) is 0 Å². The Labute approximate surface area is 161 Å². The van der Waals surface area contributed by atoms with Gasteiger partial charge < -0.3 is 30.2 Å². The number of hydrogen-bond donors (Lipinski definition) is 4. The Bertz CT molecular complexity index is 570. The van der Waals surface area contributed by atoms with E-state index < -0.39 is 11.7 Å². The molecule has 8 nitrogen and oxygen atoms in total. The second-order valence-corrected chi connectivity index (χ2v) is 7.02. The molecule has 0 aliphatic carbocycles. The topological polar surface area (TPSA) is 108 Å². The molecule has 1 amide bonds. The van der Waals surface area contributed by atoms with Gasteiger partial charge in [0.05, 0.1) is 19.4 Å². The molecule has 1 heterocycles. The number of ether oxygens (including phenoxy) is 1. The minimum absolute atomic E-state index is 0.0986. The summed E-state index contributed by atoms with van der Waals surface area (Å²) in [6.45, 7) is 11.2. The summed E-state index contributed by atoms with van der Waals surface area (Å²) in [5, 5.41) is 19.8. The first-order valence-corrected chi connectivity index (χ1v) is 9.50. The van der Waals surface area contributed by atoms with E-state index in [1.165, 1.54) is 6.26 Å². The summed E-state index contributed by atoms with van der Waals surface area (Å²) in [6.07, 6.45) is 1.90. The molecule has 0 aliphatic heterocycles. The van der Waals surface area contributed by atoms with Crippen LogP contribution in [-0.2, 0) is 10.3 Å². The molecule has 8 heteroatoms. The highest BCUT2D eigenvalue weighted by molar-refractivity contribution is 5.80. The summed E-state index contributed by atoms with van der Waals surface area (Å²) in [5.74, 6) is 1.44. The van der Waals surface area contributed by atoms with Crippen LogP contribution in [0.5, 0.6) is 0 Å². The van der Waals surface area contributed by atoms with Crippen LogP contribution in [0.15, 0.2) is 27.8 Å². The normalized spacial score (nSPS) is 15.1. The molecule has 0 bridgehead atoms. The fourth-order valence-corrected chi connectivity index (χ4v) is 2.56. The fraction of sp³-hybridized carbons (Fsp3) is 0.684. The minimum atomic E-state index is -1.20. The van der Waals surface area contributed by atoms with E-state index in [1.807, 2.05) is 6.92 Å². The van der Waals surface area contributed by atoms with Gasteiger partial charge in [0, 0.05) is 19.1 Å². The van der Waals surface area contributed by atoms with Gasteiger partial charge >= 0.3 is 6.09 Å². The first-order valence-electron chi connectivity index (χ1n) is 9.50. The zero-order valence-electron chi connectivity index (χ0n) is 17.0. The molecule has 0 fully saturated rings. The monoisotopic (exact) mass is 382 g/mol. The second-order valence-electron chi connectivity index (χ2n) is 7.02. The molecule has 1 aromatic rings. The standard InChI is InChI=1S/C19H34N4O4/c1-6-20-17(22-13-19(5,25)16-9-8-10-27-16)21-12-15(11-14(3)4)23-18(24)26-7-2/h8-10,14-15,25H,6-7,11-13H2,1-5H3,(H,23,24)(H2,20,21,22). The molecule has 0 radical (unpaired) electrons. The number of carbonyl (C=O) groups is 1. The van der Waals surface area contributed by atoms with Crippen LogP contribution < -0.4 is 16.0 Å². The van der Waals surface area contributed by atoms with Crippen LogP contribution in [0.4, 0.5) is 4.79 Å². The van der Waals surface area contributed by atoms with Crippen molar-refractivity contribution in [1.82, 2.24) is 16.0 Å². The summed E-state index contributed by atoms with van der Waals surface area (Å²) >= 11 is 0. The predicted molar refractivity (Wildman–Crippen MR) is 106 cm³/mol. The minimum Gasteiger partial charge on any atom is -0.466 e. The molecule has 154 valence electrons. The maximum absolute atomic E-state index is 11.7. The number of aliphatic imine (C=N–C) groups is 1. The Morgan fingerprint density at radius 2 is 2.11 bits per heavy atom. The summed E-state index contributed by atoms with van der Waals surface area (Å²) in [5.41, 5.74) is -1.20. The lowest BCUT2D eigenvalue weighted by Crippen LogP contribution is -2.48. The molecule has 0 spiro atoms. The van der Waals surface area contributed by atoms with Crippen molar-refractivity contribution in [3.05, 3.63) is 24.2 Å². The van der Waals surface area contributed by atoms with E-state index in [1.54, 1.807) is 26.0 Å². The van der Waals surface area contributed by atoms with E-state index >= 15 is 0 Å². The SMILES string of the molecule is CCNC(=NCC(C)(O)c1ccco1)NCC(CC(C)C)NC(=O)OCC. The van der Waals surface area contributed by atoms with Gasteiger partial charge in [0.1, 0.15) is 11.4 Å². The van der Waals surface area contributed by atoms with Crippen molar-refractivity contribution in [3.63, 3.8) is 0 Å². The van der Waals surface area contributed by atoms with Gasteiger partial charge in [-0.3, -0.25) is 0 Å². The van der Waals surface area contributed by atoms with Gasteiger partial charge in [0.2, 0.25) is 0 Å². The third-order valence-electron chi connectivity index (χ3n) is 3.81. The molecular formula is C19H34N4O4. The predicted octanol–water partition coefficient (Wildman–Crippen LogP) is 2.20. The molecule has 0 saturated carbocycles. The number of nitrogens with zero attached hydrogens (tertiary/aromatic N) is 1. The van der Waals surface area contributed by atoms with Crippen LogP contribution in [0.25, 0.3) is 0 Å². The molecule has 4 N–H and O–H groups in total. The number of aliphatic hydroxyl groups is 1.